The Morgan fingerprint density at radius 2 is 2.19 bits per heavy atom. The molecule has 2 N–H and O–H groups in total. The second-order valence-corrected chi connectivity index (χ2v) is 6.96. The van der Waals surface area contributed by atoms with Crippen LogP contribution in [0, 0.1) is 5.92 Å². The summed E-state index contributed by atoms with van der Waals surface area (Å²) in [5.41, 5.74) is 1.31. The van der Waals surface area contributed by atoms with Gasteiger partial charge in [-0.1, -0.05) is 25.1 Å². The van der Waals surface area contributed by atoms with Gasteiger partial charge in [0.2, 0.25) is 0 Å². The van der Waals surface area contributed by atoms with Gasteiger partial charge in [-0.05, 0) is 30.9 Å². The van der Waals surface area contributed by atoms with E-state index in [1.165, 1.54) is 0 Å². The number of nitrogens with zero attached hydrogens (tertiary/aromatic N) is 2. The van der Waals surface area contributed by atoms with Crippen LogP contribution in [0.4, 0.5) is 0 Å². The minimum Gasteiger partial charge on any atom is -0.460 e. The lowest BCUT2D eigenvalue weighted by Crippen LogP contribution is -2.40. The molecule has 1 aromatic carbocycles. The Morgan fingerprint density at radius 3 is 2.96 bits per heavy atom. The number of aliphatic hydroxyl groups is 1. The van der Waals surface area contributed by atoms with E-state index in [1.807, 2.05) is 48.1 Å². The lowest BCUT2D eigenvalue weighted by molar-refractivity contribution is 0.0872. The lowest BCUT2D eigenvalue weighted by Gasteiger charge is -2.16. The number of rotatable bonds is 5. The fourth-order valence-electron chi connectivity index (χ4n) is 3.93. The molecule has 6 heteroatoms. The summed E-state index contributed by atoms with van der Waals surface area (Å²) in [6, 6.07) is 9.21. The van der Waals surface area contributed by atoms with Crippen molar-refractivity contribution < 1.29 is 14.3 Å². The van der Waals surface area contributed by atoms with E-state index in [1.54, 1.807) is 6.20 Å². The highest BCUT2D eigenvalue weighted by Gasteiger charge is 2.35. The first-order valence-corrected chi connectivity index (χ1v) is 9.12. The Hall–Kier alpha value is -2.60. The molecule has 2 heterocycles. The molecule has 3 aromatic rings. The zero-order valence-electron chi connectivity index (χ0n) is 14.8. The van der Waals surface area contributed by atoms with Crippen molar-refractivity contribution in [3.05, 3.63) is 54.0 Å². The molecule has 1 amide bonds. The van der Waals surface area contributed by atoms with Crippen molar-refractivity contribution in [1.82, 2.24) is 15.1 Å². The molecule has 1 unspecified atom stereocenters. The molecular weight excluding hydrogens is 330 g/mol. The summed E-state index contributed by atoms with van der Waals surface area (Å²) in [5, 5.41) is 18.5. The van der Waals surface area contributed by atoms with Crippen LogP contribution in [0.3, 0.4) is 0 Å². The number of benzene rings is 1. The SMILES string of the molecule is CCc1oc2ccccc2c1C(=O)N[C@@H]1CC(Cn2cccn2)C[C@H]1O. The first-order valence-electron chi connectivity index (χ1n) is 9.12. The molecule has 0 spiro atoms. The van der Waals surface area contributed by atoms with Crippen LogP contribution in [0.15, 0.2) is 47.1 Å². The van der Waals surface area contributed by atoms with Crippen molar-refractivity contribution >= 4 is 16.9 Å². The Balaban J connectivity index is 1.50. The first-order chi connectivity index (χ1) is 12.7. The normalized spacial score (nSPS) is 22.8. The number of hydrogen-bond acceptors (Lipinski definition) is 4. The van der Waals surface area contributed by atoms with Crippen LogP contribution in [0.1, 0.15) is 35.9 Å². The Labute approximate surface area is 151 Å². The first kappa shape index (κ1) is 16.8. The van der Waals surface area contributed by atoms with Gasteiger partial charge in [0.1, 0.15) is 11.3 Å². The average Bonchev–Trinajstić information content (AvgIpc) is 3.34. The van der Waals surface area contributed by atoms with Crippen molar-refractivity contribution in [3.63, 3.8) is 0 Å². The molecule has 136 valence electrons. The zero-order valence-corrected chi connectivity index (χ0v) is 14.8. The molecule has 0 bridgehead atoms. The van der Waals surface area contributed by atoms with E-state index in [2.05, 4.69) is 10.4 Å². The fourth-order valence-corrected chi connectivity index (χ4v) is 3.93. The van der Waals surface area contributed by atoms with E-state index in [0.29, 0.717) is 30.1 Å². The summed E-state index contributed by atoms with van der Waals surface area (Å²) in [6.45, 7) is 2.73. The van der Waals surface area contributed by atoms with E-state index in [4.69, 9.17) is 4.42 Å². The summed E-state index contributed by atoms with van der Waals surface area (Å²) in [4.78, 5) is 12.9. The van der Waals surface area contributed by atoms with E-state index in [0.717, 1.165) is 23.9 Å². The number of hydrogen-bond donors (Lipinski definition) is 2. The molecule has 3 atom stereocenters. The number of aryl methyl sites for hydroxylation is 1. The Morgan fingerprint density at radius 1 is 1.35 bits per heavy atom. The van der Waals surface area contributed by atoms with Gasteiger partial charge in [-0.15, -0.1) is 0 Å². The maximum absolute atomic E-state index is 12.9. The van der Waals surface area contributed by atoms with Gasteiger partial charge in [0.05, 0.1) is 17.7 Å². The fraction of sp³-hybridized carbons (Fsp3) is 0.400. The highest BCUT2D eigenvalue weighted by atomic mass is 16.3. The topological polar surface area (TPSA) is 80.3 Å². The predicted molar refractivity (Wildman–Crippen MR) is 97.8 cm³/mol. The van der Waals surface area contributed by atoms with Gasteiger partial charge in [-0.2, -0.15) is 5.10 Å². The third-order valence-electron chi connectivity index (χ3n) is 5.16. The minimum atomic E-state index is -0.539. The largest absolute Gasteiger partial charge is 0.460 e. The second kappa shape index (κ2) is 6.96. The molecule has 2 aromatic heterocycles. The molecule has 1 aliphatic carbocycles. The van der Waals surface area contributed by atoms with Crippen LogP contribution in [0.25, 0.3) is 11.0 Å². The van der Waals surface area contributed by atoms with Gasteiger partial charge in [-0.25, -0.2) is 0 Å². The van der Waals surface area contributed by atoms with Gasteiger partial charge in [0, 0.05) is 30.7 Å². The molecule has 0 saturated heterocycles. The Bertz CT molecular complexity index is 900. The molecule has 1 fully saturated rings. The van der Waals surface area contributed by atoms with Crippen molar-refractivity contribution in [3.8, 4) is 0 Å². The van der Waals surface area contributed by atoms with Crippen molar-refractivity contribution in [2.45, 2.75) is 44.9 Å². The molecule has 1 saturated carbocycles. The molecule has 0 aliphatic heterocycles. The number of carbonyl (C=O) groups excluding carboxylic acids is 1. The summed E-state index contributed by atoms with van der Waals surface area (Å²) in [6.07, 6.45) is 5.18. The number of aromatic nitrogens is 2. The van der Waals surface area contributed by atoms with E-state index >= 15 is 0 Å². The van der Waals surface area contributed by atoms with Crippen LogP contribution in [-0.2, 0) is 13.0 Å². The van der Waals surface area contributed by atoms with Crippen LogP contribution < -0.4 is 5.32 Å². The predicted octanol–water partition coefficient (Wildman–Crippen LogP) is 2.76. The number of furan rings is 1. The van der Waals surface area contributed by atoms with Crippen LogP contribution in [-0.4, -0.2) is 32.9 Å². The second-order valence-electron chi connectivity index (χ2n) is 6.96. The molecule has 0 radical (unpaired) electrons. The summed E-state index contributed by atoms with van der Waals surface area (Å²) >= 11 is 0. The maximum Gasteiger partial charge on any atom is 0.255 e. The van der Waals surface area contributed by atoms with E-state index in [9.17, 15) is 9.90 Å². The van der Waals surface area contributed by atoms with Crippen molar-refractivity contribution in [1.29, 1.82) is 0 Å². The van der Waals surface area contributed by atoms with Crippen molar-refractivity contribution in [2.24, 2.45) is 5.92 Å². The highest BCUT2D eigenvalue weighted by molar-refractivity contribution is 6.07. The standard InChI is InChI=1S/C20H23N3O3/c1-2-17-19(14-6-3-4-7-18(14)26-17)20(25)22-15-10-13(11-16(15)24)12-23-9-5-8-21-23/h3-9,13,15-16,24H,2,10-12H2,1H3,(H,22,25)/t13?,15-,16-/m1/s1. The molecule has 4 rings (SSSR count). The molecule has 1 aliphatic rings. The van der Waals surface area contributed by atoms with Crippen LogP contribution in [0.5, 0.6) is 0 Å². The summed E-state index contributed by atoms with van der Waals surface area (Å²) in [5.74, 6) is 0.807. The van der Waals surface area contributed by atoms with Gasteiger partial charge < -0.3 is 14.8 Å². The summed E-state index contributed by atoms with van der Waals surface area (Å²) in [7, 11) is 0. The number of carbonyl (C=O) groups is 1. The Kier molecular flexibility index (Phi) is 4.51. The van der Waals surface area contributed by atoms with Gasteiger partial charge in [0.15, 0.2) is 0 Å². The van der Waals surface area contributed by atoms with Gasteiger partial charge in [0.25, 0.3) is 5.91 Å². The lowest BCUT2D eigenvalue weighted by atomic mass is 10.1. The third-order valence-corrected chi connectivity index (χ3v) is 5.16. The van der Waals surface area contributed by atoms with Gasteiger partial charge >= 0.3 is 0 Å². The number of fused-ring (bicyclic) bond motifs is 1. The van der Waals surface area contributed by atoms with Crippen LogP contribution in [0.2, 0.25) is 0 Å². The maximum atomic E-state index is 12.9. The minimum absolute atomic E-state index is 0.171. The summed E-state index contributed by atoms with van der Waals surface area (Å²) < 4.78 is 7.69. The quantitative estimate of drug-likeness (QED) is 0.739. The number of amides is 1. The monoisotopic (exact) mass is 353 g/mol. The highest BCUT2D eigenvalue weighted by Crippen LogP contribution is 2.30. The smallest absolute Gasteiger partial charge is 0.255 e. The molecular formula is C20H23N3O3. The number of nitrogens with one attached hydrogen (secondary N) is 1. The molecule has 26 heavy (non-hydrogen) atoms. The zero-order chi connectivity index (χ0) is 18.1. The van der Waals surface area contributed by atoms with Crippen LogP contribution >= 0.6 is 0 Å². The van der Waals surface area contributed by atoms with Gasteiger partial charge in [-0.3, -0.25) is 9.48 Å². The van der Waals surface area contributed by atoms with E-state index < -0.39 is 6.10 Å². The molecule has 6 nitrogen and oxygen atoms in total. The number of para-hydroxylation sites is 1. The van der Waals surface area contributed by atoms with Crippen molar-refractivity contribution in [2.75, 3.05) is 0 Å². The number of aliphatic hydroxyl groups excluding tert-OH is 1. The third kappa shape index (κ3) is 3.12. The van der Waals surface area contributed by atoms with E-state index in [-0.39, 0.29) is 11.9 Å². The average molecular weight is 353 g/mol.